The molecule has 5 nitrogen and oxygen atoms in total. The first-order valence-corrected chi connectivity index (χ1v) is 7.85. The summed E-state index contributed by atoms with van der Waals surface area (Å²) in [6.07, 6.45) is 0. The van der Waals surface area contributed by atoms with Gasteiger partial charge in [0.15, 0.2) is 11.6 Å². The van der Waals surface area contributed by atoms with Gasteiger partial charge in [0.2, 0.25) is 10.0 Å². The molecule has 0 bridgehead atoms. The molecule has 0 aliphatic carbocycles. The molecule has 0 amide bonds. The van der Waals surface area contributed by atoms with Gasteiger partial charge in [0.25, 0.3) is 0 Å². The van der Waals surface area contributed by atoms with Crippen LogP contribution < -0.4 is 9.88 Å². The second kappa shape index (κ2) is 5.81. The zero-order chi connectivity index (χ0) is 15.6. The lowest BCUT2D eigenvalue weighted by molar-refractivity contribution is 0.439. The summed E-state index contributed by atoms with van der Waals surface area (Å²) in [6, 6.07) is 9.43. The molecular weight excluding hydrogens is 363 g/mol. The molecule has 0 radical (unpaired) electrons. The van der Waals surface area contributed by atoms with Gasteiger partial charge in [-0.15, -0.1) is 0 Å². The molecule has 0 aromatic heterocycles. The summed E-state index contributed by atoms with van der Waals surface area (Å²) >= 11 is 3.13. The van der Waals surface area contributed by atoms with E-state index in [4.69, 9.17) is 15.1 Å². The number of sulfonamides is 1. The minimum atomic E-state index is -3.83. The molecule has 2 rings (SSSR count). The fraction of sp³-hybridized carbons (Fsp3) is 0. The SMILES string of the molecule is N#Cc1ccc(Oc2ccc(S(N)(=O)=O)cc2Br)c(F)c1. The number of nitriles is 1. The molecule has 0 unspecified atom stereocenters. The second-order valence-electron chi connectivity index (χ2n) is 4.00. The van der Waals surface area contributed by atoms with E-state index in [1.807, 2.05) is 6.07 Å². The zero-order valence-electron chi connectivity index (χ0n) is 10.4. The van der Waals surface area contributed by atoms with Crippen LogP contribution in [0.3, 0.4) is 0 Å². The van der Waals surface area contributed by atoms with Crippen LogP contribution in [-0.4, -0.2) is 8.42 Å². The topological polar surface area (TPSA) is 93.2 Å². The third-order valence-electron chi connectivity index (χ3n) is 2.51. The minimum Gasteiger partial charge on any atom is -0.453 e. The lowest BCUT2D eigenvalue weighted by Crippen LogP contribution is -2.11. The molecular formula is C13H8BrFN2O3S. The van der Waals surface area contributed by atoms with Crippen LogP contribution in [0.2, 0.25) is 0 Å². The van der Waals surface area contributed by atoms with E-state index in [2.05, 4.69) is 15.9 Å². The van der Waals surface area contributed by atoms with E-state index in [1.54, 1.807) is 0 Å². The van der Waals surface area contributed by atoms with Gasteiger partial charge < -0.3 is 4.74 Å². The van der Waals surface area contributed by atoms with Crippen molar-refractivity contribution >= 4 is 26.0 Å². The van der Waals surface area contributed by atoms with Crippen LogP contribution in [0.1, 0.15) is 5.56 Å². The van der Waals surface area contributed by atoms with Crippen molar-refractivity contribution in [2.24, 2.45) is 5.14 Å². The Morgan fingerprint density at radius 3 is 2.38 bits per heavy atom. The molecule has 2 aromatic carbocycles. The largest absolute Gasteiger partial charge is 0.453 e. The highest BCUT2D eigenvalue weighted by Crippen LogP contribution is 2.32. The molecule has 2 aromatic rings. The molecule has 0 fully saturated rings. The van der Waals surface area contributed by atoms with Crippen molar-refractivity contribution in [1.29, 1.82) is 5.26 Å². The summed E-state index contributed by atoms with van der Waals surface area (Å²) in [5.41, 5.74) is 0.170. The Morgan fingerprint density at radius 2 is 1.86 bits per heavy atom. The number of nitrogens with two attached hydrogens (primary N) is 1. The molecule has 21 heavy (non-hydrogen) atoms. The van der Waals surface area contributed by atoms with Crippen molar-refractivity contribution in [2.75, 3.05) is 0 Å². The van der Waals surface area contributed by atoms with Gasteiger partial charge in [-0.25, -0.2) is 17.9 Å². The molecule has 108 valence electrons. The van der Waals surface area contributed by atoms with Gasteiger partial charge >= 0.3 is 0 Å². The highest BCUT2D eigenvalue weighted by atomic mass is 79.9. The van der Waals surface area contributed by atoms with Gasteiger partial charge in [-0.2, -0.15) is 5.26 Å². The Kier molecular flexibility index (Phi) is 4.27. The summed E-state index contributed by atoms with van der Waals surface area (Å²) in [4.78, 5) is -0.0953. The number of ether oxygens (including phenoxy) is 1. The Morgan fingerprint density at radius 1 is 1.19 bits per heavy atom. The number of hydrogen-bond donors (Lipinski definition) is 1. The van der Waals surface area contributed by atoms with E-state index in [9.17, 15) is 12.8 Å². The third-order valence-corrected chi connectivity index (χ3v) is 4.04. The molecule has 8 heteroatoms. The van der Waals surface area contributed by atoms with E-state index in [1.165, 1.54) is 30.3 Å². The lowest BCUT2D eigenvalue weighted by atomic mass is 10.2. The lowest BCUT2D eigenvalue weighted by Gasteiger charge is -2.09. The van der Waals surface area contributed by atoms with E-state index >= 15 is 0 Å². The normalized spacial score (nSPS) is 11.0. The number of primary sulfonamides is 1. The molecule has 0 heterocycles. The minimum absolute atomic E-state index is 0.0851. The zero-order valence-corrected chi connectivity index (χ0v) is 12.8. The molecule has 2 N–H and O–H groups in total. The predicted octanol–water partition coefficient (Wildman–Crippen LogP) is 2.90. The maximum Gasteiger partial charge on any atom is 0.238 e. The van der Waals surface area contributed by atoms with Crippen LogP contribution >= 0.6 is 15.9 Å². The summed E-state index contributed by atoms with van der Waals surface area (Å²) in [6.45, 7) is 0. The number of hydrogen-bond acceptors (Lipinski definition) is 4. The number of benzene rings is 2. The summed E-state index contributed by atoms with van der Waals surface area (Å²) < 4.78 is 41.8. The van der Waals surface area contributed by atoms with Crippen LogP contribution in [0.15, 0.2) is 45.8 Å². The first-order valence-electron chi connectivity index (χ1n) is 5.51. The fourth-order valence-corrected chi connectivity index (χ4v) is 2.66. The van der Waals surface area contributed by atoms with Gasteiger partial charge in [-0.05, 0) is 52.3 Å². The quantitative estimate of drug-likeness (QED) is 0.898. The molecule has 0 spiro atoms. The van der Waals surface area contributed by atoms with Gasteiger partial charge in [-0.3, -0.25) is 0 Å². The average molecular weight is 371 g/mol. The molecule has 0 aliphatic heterocycles. The summed E-state index contributed by atoms with van der Waals surface area (Å²) in [5.74, 6) is -0.569. The highest BCUT2D eigenvalue weighted by Gasteiger charge is 2.13. The van der Waals surface area contributed by atoms with E-state index < -0.39 is 15.8 Å². The van der Waals surface area contributed by atoms with Crippen LogP contribution in [0.4, 0.5) is 4.39 Å². The molecule has 0 saturated heterocycles. The van der Waals surface area contributed by atoms with Gasteiger partial charge in [0, 0.05) is 0 Å². The standard InChI is InChI=1S/C13H8BrFN2O3S/c14-10-6-9(21(17,18)19)2-4-12(10)20-13-3-1-8(7-16)5-11(13)15/h1-6H,(H2,17,18,19). The fourth-order valence-electron chi connectivity index (χ4n) is 1.51. The van der Waals surface area contributed by atoms with Crippen LogP contribution in [0.25, 0.3) is 0 Å². The smallest absolute Gasteiger partial charge is 0.238 e. The van der Waals surface area contributed by atoms with Crippen molar-refractivity contribution in [1.82, 2.24) is 0 Å². The van der Waals surface area contributed by atoms with Crippen molar-refractivity contribution in [3.05, 3.63) is 52.3 Å². The Bertz CT molecular complexity index is 847. The monoisotopic (exact) mass is 370 g/mol. The van der Waals surface area contributed by atoms with Crippen molar-refractivity contribution in [3.8, 4) is 17.6 Å². The first-order chi connectivity index (χ1) is 9.81. The highest BCUT2D eigenvalue weighted by molar-refractivity contribution is 9.10. The number of halogens is 2. The molecule has 0 saturated carbocycles. The van der Waals surface area contributed by atoms with Crippen molar-refractivity contribution < 1.29 is 17.5 Å². The third kappa shape index (κ3) is 3.58. The van der Waals surface area contributed by atoms with Crippen LogP contribution in [0, 0.1) is 17.1 Å². The van der Waals surface area contributed by atoms with Gasteiger partial charge in [-0.1, -0.05) is 0 Å². The van der Waals surface area contributed by atoms with E-state index in [0.29, 0.717) is 4.47 Å². The first kappa shape index (κ1) is 15.4. The Labute approximate surface area is 128 Å². The van der Waals surface area contributed by atoms with Crippen molar-refractivity contribution in [2.45, 2.75) is 4.90 Å². The van der Waals surface area contributed by atoms with E-state index in [-0.39, 0.29) is 22.0 Å². The van der Waals surface area contributed by atoms with Crippen LogP contribution in [-0.2, 0) is 10.0 Å². The number of nitrogens with zero attached hydrogens (tertiary/aromatic N) is 1. The van der Waals surface area contributed by atoms with Crippen LogP contribution in [0.5, 0.6) is 11.5 Å². The maximum atomic E-state index is 13.7. The summed E-state index contributed by atoms with van der Waals surface area (Å²) in [5, 5.41) is 13.7. The second-order valence-corrected chi connectivity index (χ2v) is 6.41. The van der Waals surface area contributed by atoms with E-state index in [0.717, 1.165) is 6.07 Å². The molecule has 0 aliphatic rings. The Hall–Kier alpha value is -1.95. The Balaban J connectivity index is 2.35. The van der Waals surface area contributed by atoms with Gasteiger partial charge in [0.1, 0.15) is 5.75 Å². The van der Waals surface area contributed by atoms with Gasteiger partial charge in [0.05, 0.1) is 21.0 Å². The summed E-state index contributed by atoms with van der Waals surface area (Å²) in [7, 11) is -3.83. The average Bonchev–Trinajstić information content (AvgIpc) is 2.41. The van der Waals surface area contributed by atoms with Crippen molar-refractivity contribution in [3.63, 3.8) is 0 Å². The number of rotatable bonds is 3. The predicted molar refractivity (Wildman–Crippen MR) is 76.7 cm³/mol. The maximum absolute atomic E-state index is 13.7. The molecule has 0 atom stereocenters.